The molecule has 1 nitrogen and oxygen atoms in total. The van der Waals surface area contributed by atoms with Crippen molar-refractivity contribution in [2.24, 2.45) is 0 Å². The average Bonchev–Trinajstić information content (AvgIpc) is 2.66. The third-order valence-electron chi connectivity index (χ3n) is 2.05. The summed E-state index contributed by atoms with van der Waals surface area (Å²) in [5.74, 6) is 0.178. The van der Waals surface area contributed by atoms with Gasteiger partial charge in [0.25, 0.3) is 0 Å². The zero-order chi connectivity index (χ0) is 10.7. The highest BCUT2D eigenvalue weighted by Crippen LogP contribution is 2.21. The first-order valence-electron chi connectivity index (χ1n) is 4.57. The van der Waals surface area contributed by atoms with Crippen LogP contribution < -0.4 is 0 Å². The third-order valence-corrected chi connectivity index (χ3v) is 3.78. The molecule has 1 heterocycles. The number of Topliss-reactive ketones (excluding diaryl/α,β-unsaturated/α-hetero) is 1. The summed E-state index contributed by atoms with van der Waals surface area (Å²) in [6.07, 6.45) is 0.480. The normalized spacial score (nSPS) is 10.2. The lowest BCUT2D eigenvalue weighted by Crippen LogP contribution is -2.00. The molecule has 0 fully saturated rings. The maximum absolute atomic E-state index is 11.8. The van der Waals surface area contributed by atoms with Gasteiger partial charge in [0.1, 0.15) is 0 Å². The number of carbonyl (C=O) groups excluding carboxylic acids is 1. The Bertz CT molecular complexity index is 461. The van der Waals surface area contributed by atoms with E-state index in [-0.39, 0.29) is 5.78 Å². The largest absolute Gasteiger partial charge is 0.293 e. The Morgan fingerprint density at radius 1 is 1.27 bits per heavy atom. The number of hydrogen-bond donors (Lipinski definition) is 0. The Kier molecular flexibility index (Phi) is 3.34. The highest BCUT2D eigenvalue weighted by Gasteiger charge is 2.08. The van der Waals surface area contributed by atoms with Crippen LogP contribution in [0, 0.1) is 0 Å². The van der Waals surface area contributed by atoms with Gasteiger partial charge in [-0.05, 0) is 27.6 Å². The van der Waals surface area contributed by atoms with Gasteiger partial charge in [-0.2, -0.15) is 0 Å². The first kappa shape index (κ1) is 10.6. The van der Waals surface area contributed by atoms with E-state index in [2.05, 4.69) is 15.9 Å². The van der Waals surface area contributed by atoms with Crippen LogP contribution >= 0.6 is 27.3 Å². The van der Waals surface area contributed by atoms with Crippen LogP contribution in [0.15, 0.2) is 46.3 Å². The van der Waals surface area contributed by atoms with E-state index in [4.69, 9.17) is 0 Å². The van der Waals surface area contributed by atoms with E-state index in [9.17, 15) is 4.79 Å². The van der Waals surface area contributed by atoms with Gasteiger partial charge in [0, 0.05) is 16.3 Å². The maximum Gasteiger partial charge on any atom is 0.177 e. The minimum Gasteiger partial charge on any atom is -0.293 e. The quantitative estimate of drug-likeness (QED) is 0.779. The molecule has 0 saturated heterocycles. The van der Waals surface area contributed by atoms with Gasteiger partial charge in [0.2, 0.25) is 0 Å². The lowest BCUT2D eigenvalue weighted by atomic mass is 10.1. The number of thiophene rings is 1. The zero-order valence-corrected chi connectivity index (χ0v) is 10.3. The molecule has 15 heavy (non-hydrogen) atoms. The summed E-state index contributed by atoms with van der Waals surface area (Å²) in [5, 5.41) is 1.93. The molecule has 0 aliphatic carbocycles. The molecule has 0 radical (unpaired) electrons. The first-order chi connectivity index (χ1) is 7.25. The maximum atomic E-state index is 11.8. The van der Waals surface area contributed by atoms with Crippen LogP contribution in [0.5, 0.6) is 0 Å². The first-order valence-corrected chi connectivity index (χ1v) is 6.24. The van der Waals surface area contributed by atoms with Crippen molar-refractivity contribution in [3.8, 4) is 0 Å². The van der Waals surface area contributed by atoms with Crippen molar-refractivity contribution in [3.63, 3.8) is 0 Å². The lowest BCUT2D eigenvalue weighted by Gasteiger charge is -1.97. The van der Waals surface area contributed by atoms with Crippen molar-refractivity contribution in [3.05, 3.63) is 56.7 Å². The molecule has 0 bridgehead atoms. The van der Waals surface area contributed by atoms with Crippen LogP contribution in [0.1, 0.15) is 15.2 Å². The summed E-state index contributed by atoms with van der Waals surface area (Å²) in [6.45, 7) is 0. The van der Waals surface area contributed by atoms with E-state index in [1.807, 2.05) is 41.8 Å². The molecule has 0 spiro atoms. The van der Waals surface area contributed by atoms with Crippen molar-refractivity contribution < 1.29 is 4.79 Å². The Morgan fingerprint density at radius 3 is 2.60 bits per heavy atom. The molecule has 76 valence electrons. The average molecular weight is 281 g/mol. The van der Waals surface area contributed by atoms with Gasteiger partial charge in [0.15, 0.2) is 5.78 Å². The monoisotopic (exact) mass is 280 g/mol. The fourth-order valence-corrected chi connectivity index (χ4v) is 2.69. The third kappa shape index (κ3) is 2.76. The summed E-state index contributed by atoms with van der Waals surface area (Å²) in [4.78, 5) is 12.6. The number of benzene rings is 1. The summed E-state index contributed by atoms with van der Waals surface area (Å²) in [5.41, 5.74) is 1.06. The highest BCUT2D eigenvalue weighted by atomic mass is 79.9. The number of carbonyl (C=O) groups is 1. The van der Waals surface area contributed by atoms with Gasteiger partial charge in [-0.1, -0.05) is 30.3 Å². The summed E-state index contributed by atoms with van der Waals surface area (Å²) >= 11 is 4.82. The molecule has 0 aliphatic heterocycles. The van der Waals surface area contributed by atoms with Gasteiger partial charge in [0.05, 0.1) is 4.88 Å². The van der Waals surface area contributed by atoms with E-state index in [0.29, 0.717) is 6.42 Å². The van der Waals surface area contributed by atoms with E-state index >= 15 is 0 Å². The Hall–Kier alpha value is -0.930. The molecular formula is C12H9BrOS. The molecule has 3 heteroatoms. The van der Waals surface area contributed by atoms with Crippen LogP contribution in [-0.4, -0.2) is 5.78 Å². The molecule has 1 aromatic carbocycles. The van der Waals surface area contributed by atoms with Crippen molar-refractivity contribution in [2.45, 2.75) is 6.42 Å². The predicted molar refractivity (Wildman–Crippen MR) is 66.5 cm³/mol. The zero-order valence-electron chi connectivity index (χ0n) is 7.94. The molecule has 0 saturated carbocycles. The lowest BCUT2D eigenvalue weighted by molar-refractivity contribution is 0.0997. The van der Waals surface area contributed by atoms with Crippen LogP contribution in [0.4, 0.5) is 0 Å². The minimum atomic E-state index is 0.178. The molecule has 1 aromatic heterocycles. The number of hydrogen-bond acceptors (Lipinski definition) is 2. The fraction of sp³-hybridized carbons (Fsp3) is 0.0833. The predicted octanol–water partition coefficient (Wildman–Crippen LogP) is 3.94. The van der Waals surface area contributed by atoms with Crippen LogP contribution in [-0.2, 0) is 6.42 Å². The summed E-state index contributed by atoms with van der Waals surface area (Å²) in [7, 11) is 0. The standard InChI is InChI=1S/C12H9BrOS/c13-10-7-12(15-8-10)11(14)6-9-4-2-1-3-5-9/h1-5,7-8H,6H2. The smallest absolute Gasteiger partial charge is 0.177 e. The van der Waals surface area contributed by atoms with Gasteiger partial charge in [-0.3, -0.25) is 4.79 Å². The van der Waals surface area contributed by atoms with Crippen LogP contribution in [0.2, 0.25) is 0 Å². The Morgan fingerprint density at radius 2 is 2.00 bits per heavy atom. The Labute approximate surface area is 101 Å². The SMILES string of the molecule is O=C(Cc1ccccc1)c1cc(Br)cs1. The van der Waals surface area contributed by atoms with Crippen molar-refractivity contribution in [1.29, 1.82) is 0 Å². The van der Waals surface area contributed by atoms with E-state index in [0.717, 1.165) is 14.9 Å². The van der Waals surface area contributed by atoms with Gasteiger partial charge in [-0.25, -0.2) is 0 Å². The van der Waals surface area contributed by atoms with E-state index in [1.165, 1.54) is 11.3 Å². The molecule has 0 amide bonds. The van der Waals surface area contributed by atoms with Crippen molar-refractivity contribution >= 4 is 33.0 Å². The molecule has 0 unspecified atom stereocenters. The topological polar surface area (TPSA) is 17.1 Å². The summed E-state index contributed by atoms with van der Waals surface area (Å²) in [6, 6.07) is 11.7. The molecule has 2 rings (SSSR count). The molecular weight excluding hydrogens is 272 g/mol. The number of ketones is 1. The van der Waals surface area contributed by atoms with E-state index < -0.39 is 0 Å². The number of halogens is 1. The van der Waals surface area contributed by atoms with Crippen molar-refractivity contribution in [2.75, 3.05) is 0 Å². The summed E-state index contributed by atoms with van der Waals surface area (Å²) < 4.78 is 0.976. The fourth-order valence-electron chi connectivity index (χ4n) is 1.33. The highest BCUT2D eigenvalue weighted by molar-refractivity contribution is 9.10. The van der Waals surface area contributed by atoms with Gasteiger partial charge in [-0.15, -0.1) is 11.3 Å². The van der Waals surface area contributed by atoms with E-state index in [1.54, 1.807) is 0 Å². The molecule has 0 aliphatic rings. The second-order valence-corrected chi connectivity index (χ2v) is 5.04. The van der Waals surface area contributed by atoms with Crippen molar-refractivity contribution in [1.82, 2.24) is 0 Å². The molecule has 0 N–H and O–H groups in total. The number of rotatable bonds is 3. The van der Waals surface area contributed by atoms with Crippen LogP contribution in [0.3, 0.4) is 0 Å². The minimum absolute atomic E-state index is 0.178. The second kappa shape index (κ2) is 4.73. The van der Waals surface area contributed by atoms with Crippen LogP contribution in [0.25, 0.3) is 0 Å². The molecule has 0 atom stereocenters. The Balaban J connectivity index is 2.11. The molecule has 2 aromatic rings. The second-order valence-electron chi connectivity index (χ2n) is 3.21. The van der Waals surface area contributed by atoms with Gasteiger partial charge < -0.3 is 0 Å². The van der Waals surface area contributed by atoms with Gasteiger partial charge >= 0.3 is 0 Å².